The van der Waals surface area contributed by atoms with E-state index in [1.807, 2.05) is 72.0 Å². The van der Waals surface area contributed by atoms with Crippen molar-refractivity contribution in [3.8, 4) is 17.2 Å². The maximum Gasteiger partial charge on any atom is 0.322 e. The molecule has 4 rings (SSSR count). The molecule has 1 saturated heterocycles. The highest BCUT2D eigenvalue weighted by molar-refractivity contribution is 5.92. The zero-order valence-corrected chi connectivity index (χ0v) is 18.4. The van der Waals surface area contributed by atoms with Gasteiger partial charge in [0, 0.05) is 23.9 Å². The number of nitrogens with one attached hydrogen (secondary N) is 1. The Hall–Kier alpha value is -3.48. The minimum atomic E-state index is -0.130. The molecule has 1 aromatic heterocycles. The average molecular weight is 421 g/mol. The van der Waals surface area contributed by atoms with Crippen molar-refractivity contribution in [2.75, 3.05) is 26.1 Å². The Bertz CT molecular complexity index is 1090. The number of carbonyl (C=O) groups is 1. The SMILES string of the molecule is COc1ccc(C2CCCN2C(=O)Nc2ccccc2-n2nc(C)cc2C)c(OC)c1. The Morgan fingerprint density at radius 2 is 1.90 bits per heavy atom. The van der Waals surface area contributed by atoms with E-state index in [1.165, 1.54) is 0 Å². The third-order valence-electron chi connectivity index (χ3n) is 5.70. The lowest BCUT2D eigenvalue weighted by Crippen LogP contribution is -2.34. The second kappa shape index (κ2) is 8.71. The standard InChI is InChI=1S/C24H28N4O3/c1-16-14-17(2)28(26-16)22-9-6-5-8-20(22)25-24(29)27-13-7-10-21(27)19-12-11-18(30-3)15-23(19)31-4/h5-6,8-9,11-12,14-15,21H,7,10,13H2,1-4H3,(H,25,29). The van der Waals surface area contributed by atoms with Gasteiger partial charge in [0.25, 0.3) is 0 Å². The number of ether oxygens (including phenoxy) is 2. The van der Waals surface area contributed by atoms with Gasteiger partial charge in [0.2, 0.25) is 0 Å². The third kappa shape index (κ3) is 4.08. The van der Waals surface area contributed by atoms with Crippen molar-refractivity contribution in [3.05, 3.63) is 65.5 Å². The van der Waals surface area contributed by atoms with Crippen molar-refractivity contribution in [1.29, 1.82) is 0 Å². The Kier molecular flexibility index (Phi) is 5.84. The zero-order chi connectivity index (χ0) is 22.0. The molecule has 7 nitrogen and oxygen atoms in total. The quantitative estimate of drug-likeness (QED) is 0.639. The van der Waals surface area contributed by atoms with Crippen LogP contribution in [0, 0.1) is 13.8 Å². The van der Waals surface area contributed by atoms with Gasteiger partial charge in [-0.2, -0.15) is 5.10 Å². The minimum absolute atomic E-state index is 0.0540. The van der Waals surface area contributed by atoms with Crippen molar-refractivity contribution in [1.82, 2.24) is 14.7 Å². The van der Waals surface area contributed by atoms with E-state index < -0.39 is 0 Å². The maximum atomic E-state index is 13.3. The van der Waals surface area contributed by atoms with Crippen molar-refractivity contribution < 1.29 is 14.3 Å². The molecule has 1 atom stereocenters. The van der Waals surface area contributed by atoms with Crippen LogP contribution in [0.3, 0.4) is 0 Å². The monoisotopic (exact) mass is 420 g/mol. The number of likely N-dealkylation sites (tertiary alicyclic amines) is 1. The van der Waals surface area contributed by atoms with E-state index in [0.29, 0.717) is 6.54 Å². The summed E-state index contributed by atoms with van der Waals surface area (Å²) in [4.78, 5) is 15.2. The second-order valence-corrected chi connectivity index (χ2v) is 7.75. The summed E-state index contributed by atoms with van der Waals surface area (Å²) < 4.78 is 12.8. The molecular formula is C24H28N4O3. The van der Waals surface area contributed by atoms with Crippen molar-refractivity contribution >= 4 is 11.7 Å². The lowest BCUT2D eigenvalue weighted by molar-refractivity contribution is 0.206. The van der Waals surface area contributed by atoms with Gasteiger partial charge in [-0.05, 0) is 57.0 Å². The van der Waals surface area contributed by atoms with E-state index in [-0.39, 0.29) is 12.1 Å². The van der Waals surface area contributed by atoms with E-state index in [1.54, 1.807) is 14.2 Å². The summed E-state index contributed by atoms with van der Waals surface area (Å²) in [6, 6.07) is 15.3. The van der Waals surface area contributed by atoms with Crippen molar-refractivity contribution in [2.24, 2.45) is 0 Å². The number of para-hydroxylation sites is 2. The van der Waals surface area contributed by atoms with Gasteiger partial charge in [-0.1, -0.05) is 12.1 Å². The largest absolute Gasteiger partial charge is 0.497 e. The normalized spacial score (nSPS) is 15.7. The molecule has 0 radical (unpaired) electrons. The van der Waals surface area contributed by atoms with Gasteiger partial charge >= 0.3 is 6.03 Å². The smallest absolute Gasteiger partial charge is 0.322 e. The van der Waals surface area contributed by atoms with E-state index in [2.05, 4.69) is 10.4 Å². The van der Waals surface area contributed by atoms with Gasteiger partial charge in [-0.15, -0.1) is 0 Å². The van der Waals surface area contributed by atoms with Crippen molar-refractivity contribution in [3.63, 3.8) is 0 Å². The molecule has 7 heteroatoms. The number of urea groups is 1. The first-order chi connectivity index (χ1) is 15.0. The highest BCUT2D eigenvalue weighted by atomic mass is 16.5. The van der Waals surface area contributed by atoms with Gasteiger partial charge in [-0.3, -0.25) is 0 Å². The lowest BCUT2D eigenvalue weighted by atomic mass is 10.0. The topological polar surface area (TPSA) is 68.6 Å². The molecule has 1 aliphatic heterocycles. The number of anilines is 1. The Morgan fingerprint density at radius 1 is 1.10 bits per heavy atom. The van der Waals surface area contributed by atoms with Gasteiger partial charge in [0.1, 0.15) is 11.5 Å². The molecule has 0 spiro atoms. The number of benzene rings is 2. The Morgan fingerprint density at radius 3 is 2.61 bits per heavy atom. The predicted octanol–water partition coefficient (Wildman–Crippen LogP) is 4.88. The van der Waals surface area contributed by atoms with Crippen LogP contribution < -0.4 is 14.8 Å². The molecule has 1 N–H and O–H groups in total. The van der Waals surface area contributed by atoms with Crippen LogP contribution in [0.1, 0.15) is 35.8 Å². The highest BCUT2D eigenvalue weighted by Gasteiger charge is 2.32. The molecule has 1 unspecified atom stereocenters. The number of rotatable bonds is 5. The Balaban J connectivity index is 1.61. The summed E-state index contributed by atoms with van der Waals surface area (Å²) in [7, 11) is 3.27. The molecule has 2 heterocycles. The first-order valence-corrected chi connectivity index (χ1v) is 10.4. The number of carbonyl (C=O) groups excluding carboxylic acids is 1. The maximum absolute atomic E-state index is 13.3. The number of methoxy groups -OCH3 is 2. The summed E-state index contributed by atoms with van der Waals surface area (Å²) in [6.07, 6.45) is 1.82. The molecule has 0 bridgehead atoms. The number of aryl methyl sites for hydroxylation is 2. The molecule has 2 amide bonds. The van der Waals surface area contributed by atoms with E-state index in [9.17, 15) is 4.79 Å². The van der Waals surface area contributed by atoms with E-state index in [4.69, 9.17) is 9.47 Å². The average Bonchev–Trinajstić information content (AvgIpc) is 3.39. The van der Waals surface area contributed by atoms with E-state index >= 15 is 0 Å². The number of amides is 2. The van der Waals surface area contributed by atoms with Crippen molar-refractivity contribution in [2.45, 2.75) is 32.7 Å². The van der Waals surface area contributed by atoms with Crippen LogP contribution in [0.15, 0.2) is 48.5 Å². The fourth-order valence-corrected chi connectivity index (χ4v) is 4.25. The van der Waals surface area contributed by atoms with Crippen LogP contribution in [0.5, 0.6) is 11.5 Å². The zero-order valence-electron chi connectivity index (χ0n) is 18.4. The van der Waals surface area contributed by atoms with Crippen LogP contribution >= 0.6 is 0 Å². The molecular weight excluding hydrogens is 392 g/mol. The Labute approximate surface area is 182 Å². The van der Waals surface area contributed by atoms with Crippen LogP contribution in [0.2, 0.25) is 0 Å². The first kappa shape index (κ1) is 20.8. The molecule has 0 saturated carbocycles. The first-order valence-electron chi connectivity index (χ1n) is 10.4. The fraction of sp³-hybridized carbons (Fsp3) is 0.333. The van der Waals surface area contributed by atoms with E-state index in [0.717, 1.165) is 52.7 Å². The highest BCUT2D eigenvalue weighted by Crippen LogP contribution is 2.39. The number of aromatic nitrogens is 2. The number of hydrogen-bond donors (Lipinski definition) is 1. The van der Waals surface area contributed by atoms with Gasteiger partial charge in [-0.25, -0.2) is 9.48 Å². The van der Waals surface area contributed by atoms with Gasteiger partial charge < -0.3 is 19.7 Å². The summed E-state index contributed by atoms with van der Waals surface area (Å²) in [5, 5.41) is 7.68. The molecule has 0 aliphatic carbocycles. The molecule has 1 fully saturated rings. The molecule has 3 aromatic rings. The summed E-state index contributed by atoms with van der Waals surface area (Å²) in [5.74, 6) is 1.46. The van der Waals surface area contributed by atoms with Crippen LogP contribution in [-0.4, -0.2) is 41.5 Å². The van der Waals surface area contributed by atoms with Crippen LogP contribution in [0.25, 0.3) is 5.69 Å². The number of nitrogens with zero attached hydrogens (tertiary/aromatic N) is 3. The molecule has 1 aliphatic rings. The van der Waals surface area contributed by atoms with Gasteiger partial charge in [0.15, 0.2) is 0 Å². The molecule has 162 valence electrons. The van der Waals surface area contributed by atoms with Gasteiger partial charge in [0.05, 0.1) is 37.3 Å². The summed E-state index contributed by atoms with van der Waals surface area (Å²) >= 11 is 0. The lowest BCUT2D eigenvalue weighted by Gasteiger charge is -2.27. The molecule has 31 heavy (non-hydrogen) atoms. The summed E-state index contributed by atoms with van der Waals surface area (Å²) in [6.45, 7) is 4.65. The summed E-state index contributed by atoms with van der Waals surface area (Å²) in [5.41, 5.74) is 4.51. The van der Waals surface area contributed by atoms with Crippen LogP contribution in [-0.2, 0) is 0 Å². The second-order valence-electron chi connectivity index (χ2n) is 7.75. The molecule has 2 aromatic carbocycles. The third-order valence-corrected chi connectivity index (χ3v) is 5.70. The fourth-order valence-electron chi connectivity index (χ4n) is 4.25. The minimum Gasteiger partial charge on any atom is -0.497 e. The van der Waals surface area contributed by atoms with Crippen LogP contribution in [0.4, 0.5) is 10.5 Å². The number of hydrogen-bond acceptors (Lipinski definition) is 4. The predicted molar refractivity (Wildman–Crippen MR) is 120 cm³/mol.